The van der Waals surface area contributed by atoms with Crippen molar-refractivity contribution in [2.45, 2.75) is 19.4 Å². The molecule has 1 aromatic carbocycles. The fraction of sp³-hybridized carbons (Fsp3) is 0.286. The third-order valence-electron chi connectivity index (χ3n) is 3.72. The summed E-state index contributed by atoms with van der Waals surface area (Å²) in [5.74, 6) is -1.32. The van der Waals surface area contributed by atoms with E-state index in [0.29, 0.717) is 5.56 Å². The minimum absolute atomic E-state index is 0.140. The maximum Gasteiger partial charge on any atom is 0.255 e. The summed E-state index contributed by atoms with van der Waals surface area (Å²) in [5.41, 5.74) is 0.0577. The number of carbonyl (C=O) groups is 3. The van der Waals surface area contributed by atoms with Crippen LogP contribution >= 0.6 is 0 Å². The number of amides is 3. The van der Waals surface area contributed by atoms with E-state index in [9.17, 15) is 14.4 Å². The molecule has 108 valence electrons. The minimum atomic E-state index is -1.08. The molecule has 2 heterocycles. The number of H-pyrrole nitrogens is 1. The van der Waals surface area contributed by atoms with Gasteiger partial charge in [0.05, 0.1) is 11.7 Å². The van der Waals surface area contributed by atoms with Crippen molar-refractivity contribution in [2.75, 3.05) is 6.54 Å². The van der Waals surface area contributed by atoms with Crippen LogP contribution in [-0.2, 0) is 9.59 Å². The molecule has 2 N–H and O–H groups in total. The SMILES string of the molecule is CC1(C)C(=O)NC(=O)CN1C(=O)c1ccc2cn[nH]c2c1. The van der Waals surface area contributed by atoms with Gasteiger partial charge in [0.1, 0.15) is 12.1 Å². The van der Waals surface area contributed by atoms with Crippen molar-refractivity contribution in [2.24, 2.45) is 0 Å². The van der Waals surface area contributed by atoms with Gasteiger partial charge in [0.15, 0.2) is 0 Å². The monoisotopic (exact) mass is 286 g/mol. The number of aromatic nitrogens is 2. The summed E-state index contributed by atoms with van der Waals surface area (Å²) >= 11 is 0. The van der Waals surface area contributed by atoms with E-state index in [2.05, 4.69) is 15.5 Å². The molecule has 1 aliphatic rings. The number of rotatable bonds is 1. The van der Waals surface area contributed by atoms with Crippen LogP contribution in [-0.4, -0.2) is 44.9 Å². The maximum atomic E-state index is 12.6. The number of imide groups is 1. The second kappa shape index (κ2) is 4.41. The molecule has 7 nitrogen and oxygen atoms in total. The molecular weight excluding hydrogens is 272 g/mol. The normalized spacial score (nSPS) is 17.9. The minimum Gasteiger partial charge on any atom is -0.315 e. The van der Waals surface area contributed by atoms with Gasteiger partial charge in [-0.05, 0) is 26.0 Å². The highest BCUT2D eigenvalue weighted by Crippen LogP contribution is 2.22. The molecule has 21 heavy (non-hydrogen) atoms. The van der Waals surface area contributed by atoms with Gasteiger partial charge in [0.25, 0.3) is 11.8 Å². The highest BCUT2D eigenvalue weighted by molar-refractivity contribution is 6.09. The van der Waals surface area contributed by atoms with Crippen LogP contribution < -0.4 is 5.32 Å². The van der Waals surface area contributed by atoms with Crippen LogP contribution in [0.3, 0.4) is 0 Å². The molecule has 3 amide bonds. The Kier molecular flexibility index (Phi) is 2.79. The first-order valence-electron chi connectivity index (χ1n) is 6.49. The van der Waals surface area contributed by atoms with Crippen LogP contribution in [0.25, 0.3) is 10.9 Å². The zero-order valence-corrected chi connectivity index (χ0v) is 11.6. The lowest BCUT2D eigenvalue weighted by atomic mass is 9.97. The molecular formula is C14H14N4O3. The van der Waals surface area contributed by atoms with E-state index in [1.54, 1.807) is 38.2 Å². The second-order valence-electron chi connectivity index (χ2n) is 5.50. The maximum absolute atomic E-state index is 12.6. The van der Waals surface area contributed by atoms with Gasteiger partial charge in [-0.1, -0.05) is 6.07 Å². The van der Waals surface area contributed by atoms with E-state index in [0.717, 1.165) is 10.9 Å². The summed E-state index contributed by atoms with van der Waals surface area (Å²) in [4.78, 5) is 37.4. The van der Waals surface area contributed by atoms with Gasteiger partial charge in [-0.15, -0.1) is 0 Å². The summed E-state index contributed by atoms with van der Waals surface area (Å²) in [6.45, 7) is 3.08. The zero-order chi connectivity index (χ0) is 15.2. The second-order valence-corrected chi connectivity index (χ2v) is 5.50. The number of carbonyl (C=O) groups excluding carboxylic acids is 3. The quantitative estimate of drug-likeness (QED) is 0.744. The number of piperazine rings is 1. The molecule has 0 aliphatic carbocycles. The molecule has 1 aliphatic heterocycles. The first kappa shape index (κ1) is 13.3. The van der Waals surface area contributed by atoms with Crippen molar-refractivity contribution in [1.29, 1.82) is 0 Å². The Balaban J connectivity index is 1.99. The third-order valence-corrected chi connectivity index (χ3v) is 3.72. The van der Waals surface area contributed by atoms with Crippen LogP contribution in [0.1, 0.15) is 24.2 Å². The van der Waals surface area contributed by atoms with Gasteiger partial charge in [0, 0.05) is 10.9 Å². The van der Waals surface area contributed by atoms with Gasteiger partial charge in [0.2, 0.25) is 5.91 Å². The zero-order valence-electron chi connectivity index (χ0n) is 11.6. The van der Waals surface area contributed by atoms with Crippen LogP contribution in [0.15, 0.2) is 24.4 Å². The molecule has 0 bridgehead atoms. The summed E-state index contributed by atoms with van der Waals surface area (Å²) in [6, 6.07) is 5.09. The molecule has 0 radical (unpaired) electrons. The van der Waals surface area contributed by atoms with Gasteiger partial charge in [-0.3, -0.25) is 24.8 Å². The molecule has 1 saturated heterocycles. The Labute approximate surface area is 120 Å². The molecule has 0 atom stereocenters. The van der Waals surface area contributed by atoms with Crippen molar-refractivity contribution in [1.82, 2.24) is 20.4 Å². The Morgan fingerprint density at radius 2 is 2.10 bits per heavy atom. The molecule has 1 fully saturated rings. The molecule has 7 heteroatoms. The van der Waals surface area contributed by atoms with Gasteiger partial charge >= 0.3 is 0 Å². The lowest BCUT2D eigenvalue weighted by Crippen LogP contribution is -2.65. The molecule has 0 spiro atoms. The fourth-order valence-corrected chi connectivity index (χ4v) is 2.33. The Morgan fingerprint density at radius 3 is 2.86 bits per heavy atom. The number of nitrogens with zero attached hydrogens (tertiary/aromatic N) is 2. The predicted octanol–water partition coefficient (Wildman–Crippen LogP) is 0.440. The van der Waals surface area contributed by atoms with Crippen LogP contribution in [0.4, 0.5) is 0 Å². The van der Waals surface area contributed by atoms with Crippen molar-refractivity contribution < 1.29 is 14.4 Å². The number of fused-ring (bicyclic) bond motifs is 1. The highest BCUT2D eigenvalue weighted by atomic mass is 16.2. The Hall–Kier alpha value is -2.70. The summed E-state index contributed by atoms with van der Waals surface area (Å²) in [6.07, 6.45) is 1.66. The fourth-order valence-electron chi connectivity index (χ4n) is 2.33. The smallest absolute Gasteiger partial charge is 0.255 e. The lowest BCUT2D eigenvalue weighted by Gasteiger charge is -2.40. The average Bonchev–Trinajstić information content (AvgIpc) is 2.89. The number of hydrogen-bond donors (Lipinski definition) is 2. The highest BCUT2D eigenvalue weighted by Gasteiger charge is 2.43. The van der Waals surface area contributed by atoms with Crippen LogP contribution in [0.2, 0.25) is 0 Å². The van der Waals surface area contributed by atoms with Crippen molar-refractivity contribution in [3.63, 3.8) is 0 Å². The summed E-state index contributed by atoms with van der Waals surface area (Å²) in [7, 11) is 0. The Bertz CT molecular complexity index is 762. The molecule has 2 aromatic rings. The van der Waals surface area contributed by atoms with Crippen molar-refractivity contribution in [3.05, 3.63) is 30.0 Å². The standard InChI is InChI=1S/C14H14N4O3/c1-14(2)13(21)16-11(19)7-18(14)12(20)8-3-4-9-6-15-17-10(9)5-8/h3-6H,7H2,1-2H3,(H,15,17)(H,16,19,21). The molecule has 0 unspecified atom stereocenters. The molecule has 1 aromatic heterocycles. The average molecular weight is 286 g/mol. The van der Waals surface area contributed by atoms with E-state index in [4.69, 9.17) is 0 Å². The third kappa shape index (κ3) is 2.06. The van der Waals surface area contributed by atoms with Crippen LogP contribution in [0.5, 0.6) is 0 Å². The van der Waals surface area contributed by atoms with Gasteiger partial charge in [-0.2, -0.15) is 5.10 Å². The van der Waals surface area contributed by atoms with Gasteiger partial charge < -0.3 is 4.90 Å². The van der Waals surface area contributed by atoms with E-state index in [-0.39, 0.29) is 12.5 Å². The number of hydrogen-bond acceptors (Lipinski definition) is 4. The van der Waals surface area contributed by atoms with E-state index >= 15 is 0 Å². The van der Waals surface area contributed by atoms with Crippen LogP contribution in [0, 0.1) is 0 Å². The topological polar surface area (TPSA) is 95.2 Å². The Morgan fingerprint density at radius 1 is 1.33 bits per heavy atom. The number of nitrogens with one attached hydrogen (secondary N) is 2. The largest absolute Gasteiger partial charge is 0.315 e. The first-order chi connectivity index (χ1) is 9.89. The number of aromatic amines is 1. The first-order valence-corrected chi connectivity index (χ1v) is 6.49. The van der Waals surface area contributed by atoms with Gasteiger partial charge in [-0.25, -0.2) is 0 Å². The van der Waals surface area contributed by atoms with E-state index in [1.165, 1.54) is 4.90 Å². The van der Waals surface area contributed by atoms with E-state index < -0.39 is 17.4 Å². The summed E-state index contributed by atoms with van der Waals surface area (Å²) < 4.78 is 0. The lowest BCUT2D eigenvalue weighted by molar-refractivity contribution is -0.143. The van der Waals surface area contributed by atoms with Crippen molar-refractivity contribution in [3.8, 4) is 0 Å². The van der Waals surface area contributed by atoms with Crippen molar-refractivity contribution >= 4 is 28.6 Å². The van der Waals surface area contributed by atoms with E-state index in [1.807, 2.05) is 0 Å². The molecule has 3 rings (SSSR count). The predicted molar refractivity (Wildman–Crippen MR) is 74.4 cm³/mol. The molecule has 0 saturated carbocycles. The summed E-state index contributed by atoms with van der Waals surface area (Å²) in [5, 5.41) is 9.82. The number of benzene rings is 1.